The number of hydrogen-bond acceptors (Lipinski definition) is 3. The molecule has 5 heteroatoms. The molecule has 1 saturated carbocycles. The highest BCUT2D eigenvalue weighted by atomic mass is 35.5. The van der Waals surface area contributed by atoms with Gasteiger partial charge in [-0.1, -0.05) is 29.3 Å². The number of hydrogen-bond donors (Lipinski definition) is 1. The topological polar surface area (TPSA) is 38.3 Å². The third kappa shape index (κ3) is 3.85. The number of nitrogens with one attached hydrogen (secondary N) is 1. The van der Waals surface area contributed by atoms with Gasteiger partial charge in [0, 0.05) is 15.6 Å². The van der Waals surface area contributed by atoms with Crippen LogP contribution < -0.4 is 5.32 Å². The van der Waals surface area contributed by atoms with E-state index in [0.29, 0.717) is 28.1 Å². The van der Waals surface area contributed by atoms with Gasteiger partial charge in [-0.2, -0.15) is 0 Å². The molecular weight excluding hydrogens is 285 g/mol. The smallest absolute Gasteiger partial charge is 0.327 e. The molecule has 1 fully saturated rings. The Kier molecular flexibility index (Phi) is 5.08. The number of carbonyl (C=O) groups is 1. The lowest BCUT2D eigenvalue weighted by Gasteiger charge is -2.19. The minimum Gasteiger partial charge on any atom is -0.465 e. The van der Waals surface area contributed by atoms with Crippen molar-refractivity contribution in [3.8, 4) is 0 Å². The minimum absolute atomic E-state index is 0.335. The molecule has 0 aromatic heterocycles. The number of esters is 1. The van der Waals surface area contributed by atoms with Gasteiger partial charge >= 0.3 is 5.97 Å². The summed E-state index contributed by atoms with van der Waals surface area (Å²) in [6.07, 6.45) is 2.41. The lowest BCUT2D eigenvalue weighted by Crippen LogP contribution is -2.32. The summed E-state index contributed by atoms with van der Waals surface area (Å²) < 4.78 is 5.10. The van der Waals surface area contributed by atoms with E-state index in [1.54, 1.807) is 25.1 Å². The Morgan fingerprint density at radius 2 is 2.05 bits per heavy atom. The van der Waals surface area contributed by atoms with Gasteiger partial charge in [0.15, 0.2) is 0 Å². The van der Waals surface area contributed by atoms with E-state index < -0.39 is 6.04 Å². The van der Waals surface area contributed by atoms with Crippen molar-refractivity contribution < 1.29 is 9.53 Å². The molecule has 1 N–H and O–H groups in total. The molecule has 0 spiro atoms. The van der Waals surface area contributed by atoms with Gasteiger partial charge in [-0.25, -0.2) is 4.79 Å². The van der Waals surface area contributed by atoms with Gasteiger partial charge in [-0.05, 0) is 44.4 Å². The molecule has 104 valence electrons. The summed E-state index contributed by atoms with van der Waals surface area (Å²) in [5, 5.41) is 4.18. The van der Waals surface area contributed by atoms with Crippen LogP contribution in [0.25, 0.3) is 0 Å². The summed E-state index contributed by atoms with van der Waals surface area (Å²) >= 11 is 12.3. The summed E-state index contributed by atoms with van der Waals surface area (Å²) in [6.45, 7) is 2.90. The zero-order valence-electron chi connectivity index (χ0n) is 10.8. The SMILES string of the molecule is CCOC(=O)C(NCC1CC1)c1c(Cl)cccc1Cl. The minimum atomic E-state index is -0.596. The maximum atomic E-state index is 12.1. The third-order valence-corrected chi connectivity index (χ3v) is 3.78. The number of ether oxygens (including phenoxy) is 1. The molecule has 0 heterocycles. The monoisotopic (exact) mass is 301 g/mol. The Labute approximate surface area is 123 Å². The molecule has 1 aliphatic carbocycles. The van der Waals surface area contributed by atoms with E-state index in [1.165, 1.54) is 12.8 Å². The Morgan fingerprint density at radius 1 is 1.42 bits per heavy atom. The number of benzene rings is 1. The first kappa shape index (κ1) is 14.6. The third-order valence-electron chi connectivity index (χ3n) is 3.12. The molecule has 1 unspecified atom stereocenters. The second-order valence-electron chi connectivity index (χ2n) is 4.67. The van der Waals surface area contributed by atoms with Gasteiger partial charge in [0.25, 0.3) is 0 Å². The van der Waals surface area contributed by atoms with Crippen molar-refractivity contribution in [2.24, 2.45) is 5.92 Å². The fraction of sp³-hybridized carbons (Fsp3) is 0.500. The van der Waals surface area contributed by atoms with Gasteiger partial charge < -0.3 is 10.1 Å². The Balaban J connectivity index is 2.21. The van der Waals surface area contributed by atoms with E-state index in [0.717, 1.165) is 6.54 Å². The van der Waals surface area contributed by atoms with E-state index >= 15 is 0 Å². The van der Waals surface area contributed by atoms with Crippen LogP contribution in [-0.2, 0) is 9.53 Å². The van der Waals surface area contributed by atoms with Gasteiger partial charge in [-0.15, -0.1) is 0 Å². The Morgan fingerprint density at radius 3 is 2.58 bits per heavy atom. The molecule has 1 aromatic carbocycles. The lowest BCUT2D eigenvalue weighted by molar-refractivity contribution is -0.145. The largest absolute Gasteiger partial charge is 0.465 e. The van der Waals surface area contributed by atoms with Crippen molar-refractivity contribution in [2.75, 3.05) is 13.2 Å². The predicted molar refractivity (Wildman–Crippen MR) is 76.6 cm³/mol. The molecule has 1 aromatic rings. The summed E-state index contributed by atoms with van der Waals surface area (Å²) in [4.78, 5) is 12.1. The molecule has 3 nitrogen and oxygen atoms in total. The molecule has 1 aliphatic rings. The second kappa shape index (κ2) is 6.60. The number of carbonyl (C=O) groups excluding carboxylic acids is 1. The molecule has 0 amide bonds. The van der Waals surface area contributed by atoms with Gasteiger partial charge in [0.1, 0.15) is 6.04 Å². The highest BCUT2D eigenvalue weighted by molar-refractivity contribution is 6.36. The molecule has 2 rings (SSSR count). The van der Waals surface area contributed by atoms with E-state index in [1.807, 2.05) is 0 Å². The summed E-state index contributed by atoms with van der Waals surface area (Å²) in [6, 6.07) is 4.63. The van der Waals surface area contributed by atoms with Crippen LogP contribution in [0.4, 0.5) is 0 Å². The van der Waals surface area contributed by atoms with Crippen LogP contribution in [0.2, 0.25) is 10.0 Å². The Hall–Kier alpha value is -0.770. The molecular formula is C14H17Cl2NO2. The van der Waals surface area contributed by atoms with Crippen molar-refractivity contribution in [3.05, 3.63) is 33.8 Å². The van der Waals surface area contributed by atoms with E-state index in [4.69, 9.17) is 27.9 Å². The average Bonchev–Trinajstić information content (AvgIpc) is 3.17. The first-order valence-corrected chi connectivity index (χ1v) is 7.23. The van der Waals surface area contributed by atoms with Crippen molar-refractivity contribution in [2.45, 2.75) is 25.8 Å². The molecule has 19 heavy (non-hydrogen) atoms. The van der Waals surface area contributed by atoms with Crippen LogP contribution in [0, 0.1) is 5.92 Å². The van der Waals surface area contributed by atoms with Crippen LogP contribution in [0.1, 0.15) is 31.4 Å². The highest BCUT2D eigenvalue weighted by Gasteiger charge is 2.29. The fourth-order valence-electron chi connectivity index (χ4n) is 1.92. The van der Waals surface area contributed by atoms with Crippen molar-refractivity contribution in [1.82, 2.24) is 5.32 Å². The van der Waals surface area contributed by atoms with Crippen LogP contribution >= 0.6 is 23.2 Å². The Bertz CT molecular complexity index is 441. The quantitative estimate of drug-likeness (QED) is 0.816. The lowest BCUT2D eigenvalue weighted by atomic mass is 10.1. The van der Waals surface area contributed by atoms with Crippen LogP contribution in [0.5, 0.6) is 0 Å². The standard InChI is InChI=1S/C14H17Cl2NO2/c1-2-19-14(18)13(17-8-9-6-7-9)12-10(15)4-3-5-11(12)16/h3-5,9,13,17H,2,6-8H2,1H3. The maximum Gasteiger partial charge on any atom is 0.327 e. The van der Waals surface area contributed by atoms with E-state index in [2.05, 4.69) is 5.32 Å². The highest BCUT2D eigenvalue weighted by Crippen LogP contribution is 2.33. The molecule has 0 radical (unpaired) electrons. The zero-order valence-corrected chi connectivity index (χ0v) is 12.3. The van der Waals surface area contributed by atoms with Gasteiger partial charge in [-0.3, -0.25) is 0 Å². The van der Waals surface area contributed by atoms with Crippen LogP contribution in [0.3, 0.4) is 0 Å². The number of rotatable bonds is 6. The summed E-state index contributed by atoms with van der Waals surface area (Å²) in [7, 11) is 0. The normalized spacial score (nSPS) is 16.2. The second-order valence-corrected chi connectivity index (χ2v) is 5.49. The first-order valence-electron chi connectivity index (χ1n) is 6.47. The molecule has 0 saturated heterocycles. The average molecular weight is 302 g/mol. The maximum absolute atomic E-state index is 12.1. The van der Waals surface area contributed by atoms with Gasteiger partial charge in [0.05, 0.1) is 6.61 Å². The summed E-state index contributed by atoms with van der Waals surface area (Å²) in [5.41, 5.74) is 0.602. The zero-order chi connectivity index (χ0) is 13.8. The summed E-state index contributed by atoms with van der Waals surface area (Å²) in [5.74, 6) is 0.316. The van der Waals surface area contributed by atoms with Crippen molar-refractivity contribution >= 4 is 29.2 Å². The molecule has 0 aliphatic heterocycles. The molecule has 0 bridgehead atoms. The molecule has 1 atom stereocenters. The van der Waals surface area contributed by atoms with E-state index in [-0.39, 0.29) is 5.97 Å². The fourth-order valence-corrected chi connectivity index (χ4v) is 2.54. The van der Waals surface area contributed by atoms with Crippen LogP contribution in [0.15, 0.2) is 18.2 Å². The van der Waals surface area contributed by atoms with Crippen molar-refractivity contribution in [3.63, 3.8) is 0 Å². The van der Waals surface area contributed by atoms with Crippen molar-refractivity contribution in [1.29, 1.82) is 0 Å². The van der Waals surface area contributed by atoms with Gasteiger partial charge in [0.2, 0.25) is 0 Å². The van der Waals surface area contributed by atoms with E-state index in [9.17, 15) is 4.79 Å². The number of halogens is 2. The van der Waals surface area contributed by atoms with Crippen LogP contribution in [-0.4, -0.2) is 19.1 Å². The first-order chi connectivity index (χ1) is 9.13. The predicted octanol–water partition coefficient (Wildman–Crippen LogP) is 3.60.